The molecule has 0 radical (unpaired) electrons. The van der Waals surface area contributed by atoms with Crippen molar-refractivity contribution in [2.24, 2.45) is 7.05 Å². The molecule has 0 spiro atoms. The van der Waals surface area contributed by atoms with Crippen LogP contribution in [0, 0.1) is 0 Å². The average molecular weight is 490 g/mol. The third-order valence-electron chi connectivity index (χ3n) is 5.49. The first kappa shape index (κ1) is 23.0. The standard InChI is InChI=1S/C23H16N6.C2HF3O2/c1-28-14-17-12-15(6-7-20(17)27-28)16-9-11-29-22(13-16)25-26-23(29)19-8-10-24-21-5-3-2-4-18(19)21;3-2(4,5)1(6)7/h2-14H,1H3;(H,6,7). The van der Waals surface area contributed by atoms with Gasteiger partial charge in [-0.05, 0) is 47.5 Å². The number of aliphatic carboxylic acids is 1. The minimum atomic E-state index is -5.08. The highest BCUT2D eigenvalue weighted by atomic mass is 19.4. The van der Waals surface area contributed by atoms with E-state index in [0.717, 1.165) is 50.0 Å². The van der Waals surface area contributed by atoms with Crippen LogP contribution in [-0.2, 0) is 11.8 Å². The summed E-state index contributed by atoms with van der Waals surface area (Å²) in [5.41, 5.74) is 6.00. The summed E-state index contributed by atoms with van der Waals surface area (Å²) in [6, 6.07) is 20.5. The van der Waals surface area contributed by atoms with Gasteiger partial charge in [-0.3, -0.25) is 14.1 Å². The lowest BCUT2D eigenvalue weighted by atomic mass is 10.1. The molecule has 6 aromatic rings. The van der Waals surface area contributed by atoms with E-state index in [0.29, 0.717) is 0 Å². The van der Waals surface area contributed by atoms with Crippen molar-refractivity contribution in [3.63, 3.8) is 0 Å². The normalized spacial score (nSPS) is 11.6. The monoisotopic (exact) mass is 490 g/mol. The van der Waals surface area contributed by atoms with Crippen molar-refractivity contribution >= 4 is 33.4 Å². The molecule has 8 nitrogen and oxygen atoms in total. The summed E-state index contributed by atoms with van der Waals surface area (Å²) in [7, 11) is 1.94. The van der Waals surface area contributed by atoms with Crippen LogP contribution < -0.4 is 0 Å². The summed E-state index contributed by atoms with van der Waals surface area (Å²) < 4.78 is 35.6. The van der Waals surface area contributed by atoms with Crippen LogP contribution >= 0.6 is 0 Å². The van der Waals surface area contributed by atoms with E-state index < -0.39 is 12.1 Å². The molecule has 4 heterocycles. The lowest BCUT2D eigenvalue weighted by Crippen LogP contribution is -2.21. The van der Waals surface area contributed by atoms with Crippen molar-refractivity contribution in [2.75, 3.05) is 0 Å². The number of fused-ring (bicyclic) bond motifs is 3. The van der Waals surface area contributed by atoms with E-state index in [1.807, 2.05) is 65.1 Å². The molecule has 0 unspecified atom stereocenters. The van der Waals surface area contributed by atoms with E-state index in [1.54, 1.807) is 0 Å². The van der Waals surface area contributed by atoms with Crippen molar-refractivity contribution in [1.29, 1.82) is 0 Å². The zero-order valence-electron chi connectivity index (χ0n) is 18.7. The Hall–Kier alpha value is -4.80. The van der Waals surface area contributed by atoms with Gasteiger partial charge in [-0.25, -0.2) is 4.79 Å². The van der Waals surface area contributed by atoms with Crippen LogP contribution in [0.4, 0.5) is 13.2 Å². The number of hydrogen-bond acceptors (Lipinski definition) is 5. The lowest BCUT2D eigenvalue weighted by molar-refractivity contribution is -0.192. The second-order valence-corrected chi connectivity index (χ2v) is 7.92. The van der Waals surface area contributed by atoms with Crippen LogP contribution in [0.15, 0.2) is 79.3 Å². The van der Waals surface area contributed by atoms with Gasteiger partial charge in [0.2, 0.25) is 0 Å². The number of alkyl halides is 3. The number of aryl methyl sites for hydroxylation is 1. The first-order chi connectivity index (χ1) is 17.2. The Morgan fingerprint density at radius 2 is 1.69 bits per heavy atom. The summed E-state index contributed by atoms with van der Waals surface area (Å²) in [5, 5.41) is 22.7. The van der Waals surface area contributed by atoms with E-state index in [-0.39, 0.29) is 0 Å². The van der Waals surface area contributed by atoms with Crippen LogP contribution in [0.25, 0.3) is 50.0 Å². The molecular weight excluding hydrogens is 473 g/mol. The second kappa shape index (κ2) is 8.77. The first-order valence-electron chi connectivity index (χ1n) is 10.6. The molecule has 11 heteroatoms. The van der Waals surface area contributed by atoms with Gasteiger partial charge in [0.1, 0.15) is 0 Å². The summed E-state index contributed by atoms with van der Waals surface area (Å²) in [4.78, 5) is 13.3. The van der Waals surface area contributed by atoms with Crippen LogP contribution in [0.5, 0.6) is 0 Å². The topological polar surface area (TPSA) is 98.2 Å². The Labute approximate surface area is 201 Å². The van der Waals surface area contributed by atoms with E-state index in [1.165, 1.54) is 0 Å². The van der Waals surface area contributed by atoms with Gasteiger partial charge in [0.15, 0.2) is 11.5 Å². The molecule has 0 aliphatic heterocycles. The fourth-order valence-corrected chi connectivity index (χ4v) is 3.87. The molecule has 0 saturated heterocycles. The number of halogens is 3. The SMILES string of the molecule is Cn1cc2cc(-c3ccn4c(-c5ccnc6ccccc56)nnc4c3)ccc2n1.O=C(O)C(F)(F)F. The molecule has 0 saturated carbocycles. The van der Waals surface area contributed by atoms with E-state index in [9.17, 15) is 13.2 Å². The maximum atomic E-state index is 10.6. The summed E-state index contributed by atoms with van der Waals surface area (Å²) in [6.07, 6.45) is 0.792. The summed E-state index contributed by atoms with van der Waals surface area (Å²) >= 11 is 0. The molecule has 0 aliphatic rings. The molecule has 4 aromatic heterocycles. The van der Waals surface area contributed by atoms with E-state index in [2.05, 4.69) is 50.6 Å². The highest BCUT2D eigenvalue weighted by molar-refractivity contribution is 5.93. The Balaban J connectivity index is 0.000000338. The predicted octanol–water partition coefficient (Wildman–Crippen LogP) is 5.13. The Kier molecular flexibility index (Phi) is 5.59. The van der Waals surface area contributed by atoms with Crippen LogP contribution in [0.3, 0.4) is 0 Å². The molecule has 1 N–H and O–H groups in total. The minimum absolute atomic E-state index is 0.810. The van der Waals surface area contributed by atoms with E-state index in [4.69, 9.17) is 9.90 Å². The second-order valence-electron chi connectivity index (χ2n) is 7.92. The van der Waals surface area contributed by atoms with Crippen LogP contribution in [0.1, 0.15) is 0 Å². The van der Waals surface area contributed by atoms with Crippen LogP contribution in [0.2, 0.25) is 0 Å². The first-order valence-corrected chi connectivity index (χ1v) is 10.6. The Morgan fingerprint density at radius 1 is 0.944 bits per heavy atom. The molecule has 0 bridgehead atoms. The average Bonchev–Trinajstić information content (AvgIpc) is 3.45. The van der Waals surface area contributed by atoms with Gasteiger partial charge in [-0.15, -0.1) is 10.2 Å². The maximum Gasteiger partial charge on any atom is 0.490 e. The van der Waals surface area contributed by atoms with Gasteiger partial charge in [-0.1, -0.05) is 24.3 Å². The third kappa shape index (κ3) is 4.33. The van der Waals surface area contributed by atoms with Gasteiger partial charge < -0.3 is 5.11 Å². The van der Waals surface area contributed by atoms with Crippen molar-refractivity contribution in [1.82, 2.24) is 29.4 Å². The lowest BCUT2D eigenvalue weighted by Gasteiger charge is -2.06. The van der Waals surface area contributed by atoms with Gasteiger partial charge in [0.05, 0.1) is 11.0 Å². The highest BCUT2D eigenvalue weighted by Crippen LogP contribution is 2.29. The van der Waals surface area contributed by atoms with Gasteiger partial charge in [-0.2, -0.15) is 18.3 Å². The Morgan fingerprint density at radius 3 is 2.47 bits per heavy atom. The zero-order chi connectivity index (χ0) is 25.4. The molecule has 2 aromatic carbocycles. The zero-order valence-corrected chi connectivity index (χ0v) is 18.7. The Bertz CT molecular complexity index is 1730. The molecule has 0 amide bonds. The number of benzene rings is 2. The highest BCUT2D eigenvalue weighted by Gasteiger charge is 2.38. The van der Waals surface area contributed by atoms with Gasteiger partial charge >= 0.3 is 12.1 Å². The molecule has 36 heavy (non-hydrogen) atoms. The van der Waals surface area contributed by atoms with Crippen molar-refractivity contribution in [2.45, 2.75) is 6.18 Å². The maximum absolute atomic E-state index is 10.6. The number of hydrogen-bond donors (Lipinski definition) is 1. The number of nitrogens with zero attached hydrogens (tertiary/aromatic N) is 6. The molecule has 0 aliphatic carbocycles. The van der Waals surface area contributed by atoms with Crippen molar-refractivity contribution in [3.05, 3.63) is 79.3 Å². The number of carboxylic acid groups (broad SMARTS) is 1. The van der Waals surface area contributed by atoms with Crippen molar-refractivity contribution < 1.29 is 23.1 Å². The molecule has 6 rings (SSSR count). The van der Waals surface area contributed by atoms with Crippen molar-refractivity contribution in [3.8, 4) is 22.5 Å². The fraction of sp³-hybridized carbons (Fsp3) is 0.0800. The molecule has 0 atom stereocenters. The fourth-order valence-electron chi connectivity index (χ4n) is 3.87. The van der Waals surface area contributed by atoms with Crippen LogP contribution in [-0.4, -0.2) is 46.6 Å². The summed E-state index contributed by atoms with van der Waals surface area (Å²) in [5.74, 6) is -1.94. The predicted molar refractivity (Wildman–Crippen MR) is 127 cm³/mol. The van der Waals surface area contributed by atoms with E-state index >= 15 is 0 Å². The van der Waals surface area contributed by atoms with Gasteiger partial charge in [0.25, 0.3) is 0 Å². The quantitative estimate of drug-likeness (QED) is 0.361. The number of carbonyl (C=O) groups is 1. The third-order valence-corrected chi connectivity index (χ3v) is 5.49. The number of carboxylic acids is 1. The number of aromatic nitrogens is 6. The summed E-state index contributed by atoms with van der Waals surface area (Å²) in [6.45, 7) is 0. The minimum Gasteiger partial charge on any atom is -0.475 e. The largest absolute Gasteiger partial charge is 0.490 e. The molecular formula is C25H17F3N6O2. The number of pyridine rings is 2. The number of rotatable bonds is 2. The smallest absolute Gasteiger partial charge is 0.475 e. The number of para-hydroxylation sites is 1. The molecule has 0 fully saturated rings. The van der Waals surface area contributed by atoms with Gasteiger partial charge in [0, 0.05) is 42.0 Å². The molecule has 180 valence electrons.